The Balaban J connectivity index is 3.03. The first-order valence-electron chi connectivity index (χ1n) is 3.77. The first-order chi connectivity index (χ1) is 5.68. The van der Waals surface area contributed by atoms with Gasteiger partial charge in [-0.2, -0.15) is 0 Å². The number of nitrogens with zero attached hydrogens (tertiary/aromatic N) is 1. The summed E-state index contributed by atoms with van der Waals surface area (Å²) in [6.45, 7) is 3.98. The van der Waals surface area contributed by atoms with Gasteiger partial charge in [0.05, 0.1) is 0 Å². The molecule has 0 aliphatic heterocycles. The predicted molar refractivity (Wildman–Crippen MR) is 51.0 cm³/mol. The molecule has 0 aromatic carbocycles. The lowest BCUT2D eigenvalue weighted by Crippen LogP contribution is -2.08. The maximum Gasteiger partial charge on any atom is 0.256 e. The second kappa shape index (κ2) is 2.45. The van der Waals surface area contributed by atoms with Gasteiger partial charge in [-0.15, -0.1) is 11.3 Å². The Morgan fingerprint density at radius 1 is 1.42 bits per heavy atom. The quantitative estimate of drug-likeness (QED) is 0.606. The SMILES string of the molecule is Cc1cc(=O)n2ccc(C)c2s1. The molecule has 0 aliphatic rings. The fourth-order valence-corrected chi connectivity index (χ4v) is 2.19. The maximum absolute atomic E-state index is 11.4. The van der Waals surface area contributed by atoms with E-state index in [-0.39, 0.29) is 5.56 Å². The number of aryl methyl sites for hydroxylation is 2. The number of hydrogen-bond donors (Lipinski definition) is 0. The van der Waals surface area contributed by atoms with Gasteiger partial charge in [0.1, 0.15) is 4.83 Å². The van der Waals surface area contributed by atoms with Crippen molar-refractivity contribution in [1.29, 1.82) is 0 Å². The molecule has 0 radical (unpaired) electrons. The van der Waals surface area contributed by atoms with E-state index in [1.54, 1.807) is 21.8 Å². The largest absolute Gasteiger partial charge is 0.275 e. The zero-order valence-electron chi connectivity index (χ0n) is 7.00. The number of fused-ring (bicyclic) bond motifs is 1. The van der Waals surface area contributed by atoms with Crippen LogP contribution in [0.2, 0.25) is 0 Å². The first kappa shape index (κ1) is 7.55. The van der Waals surface area contributed by atoms with Gasteiger partial charge in [0, 0.05) is 17.1 Å². The van der Waals surface area contributed by atoms with Crippen molar-refractivity contribution < 1.29 is 0 Å². The zero-order chi connectivity index (χ0) is 8.72. The standard InChI is InChI=1S/C9H9NOS/c1-6-3-4-10-8(11)5-7(2)12-9(6)10/h3-5H,1-2H3. The van der Waals surface area contributed by atoms with Crippen LogP contribution in [0.15, 0.2) is 23.1 Å². The van der Waals surface area contributed by atoms with E-state index in [1.165, 1.54) is 5.56 Å². The van der Waals surface area contributed by atoms with Gasteiger partial charge < -0.3 is 0 Å². The summed E-state index contributed by atoms with van der Waals surface area (Å²) in [4.78, 5) is 13.5. The number of hydrogen-bond acceptors (Lipinski definition) is 2. The summed E-state index contributed by atoms with van der Waals surface area (Å²) >= 11 is 1.65. The predicted octanol–water partition coefficient (Wildman–Crippen LogP) is 1.98. The van der Waals surface area contributed by atoms with E-state index in [0.29, 0.717) is 0 Å². The van der Waals surface area contributed by atoms with E-state index in [9.17, 15) is 4.79 Å². The lowest BCUT2D eigenvalue weighted by atomic mass is 10.4. The average Bonchev–Trinajstić information content (AvgIpc) is 2.33. The summed E-state index contributed by atoms with van der Waals surface area (Å²) in [5.74, 6) is 0. The van der Waals surface area contributed by atoms with Crippen LogP contribution >= 0.6 is 11.3 Å². The summed E-state index contributed by atoms with van der Waals surface area (Å²) in [6.07, 6.45) is 1.82. The number of rotatable bonds is 0. The van der Waals surface area contributed by atoms with Gasteiger partial charge in [-0.1, -0.05) is 0 Å². The van der Waals surface area contributed by atoms with Crippen LogP contribution < -0.4 is 5.56 Å². The third-order valence-electron chi connectivity index (χ3n) is 1.85. The van der Waals surface area contributed by atoms with E-state index >= 15 is 0 Å². The summed E-state index contributed by atoms with van der Waals surface area (Å²) < 4.78 is 1.69. The van der Waals surface area contributed by atoms with Crippen LogP contribution in [-0.4, -0.2) is 4.40 Å². The van der Waals surface area contributed by atoms with Crippen LogP contribution in [0.4, 0.5) is 0 Å². The zero-order valence-corrected chi connectivity index (χ0v) is 7.81. The molecule has 2 nitrogen and oxygen atoms in total. The first-order valence-corrected chi connectivity index (χ1v) is 4.58. The highest BCUT2D eigenvalue weighted by Gasteiger charge is 2.01. The molecule has 2 aromatic heterocycles. The molecule has 0 spiro atoms. The van der Waals surface area contributed by atoms with E-state index in [1.807, 2.05) is 26.1 Å². The van der Waals surface area contributed by atoms with Gasteiger partial charge in [0.25, 0.3) is 5.56 Å². The van der Waals surface area contributed by atoms with Crippen molar-refractivity contribution in [1.82, 2.24) is 4.40 Å². The molecule has 0 saturated heterocycles. The van der Waals surface area contributed by atoms with Crippen molar-refractivity contribution in [2.75, 3.05) is 0 Å². The van der Waals surface area contributed by atoms with Gasteiger partial charge in [0.15, 0.2) is 0 Å². The molecular weight excluding hydrogens is 170 g/mol. The Hall–Kier alpha value is -1.09. The Morgan fingerprint density at radius 2 is 2.17 bits per heavy atom. The highest BCUT2D eigenvalue weighted by molar-refractivity contribution is 7.17. The van der Waals surface area contributed by atoms with E-state index in [2.05, 4.69) is 0 Å². The minimum Gasteiger partial charge on any atom is -0.275 e. The summed E-state index contributed by atoms with van der Waals surface area (Å²) in [5.41, 5.74) is 1.23. The van der Waals surface area contributed by atoms with E-state index in [4.69, 9.17) is 0 Å². The third-order valence-corrected chi connectivity index (χ3v) is 3.00. The van der Waals surface area contributed by atoms with Gasteiger partial charge >= 0.3 is 0 Å². The second-order valence-corrected chi connectivity index (χ2v) is 4.10. The van der Waals surface area contributed by atoms with Crippen LogP contribution in [0.1, 0.15) is 10.4 Å². The minimum atomic E-state index is 0.0642. The second-order valence-electron chi connectivity index (χ2n) is 2.87. The van der Waals surface area contributed by atoms with Crippen LogP contribution in [0.3, 0.4) is 0 Å². The molecule has 0 N–H and O–H groups in total. The molecule has 3 heteroatoms. The van der Waals surface area contributed by atoms with Gasteiger partial charge in [0.2, 0.25) is 0 Å². The monoisotopic (exact) mass is 179 g/mol. The molecule has 12 heavy (non-hydrogen) atoms. The Morgan fingerprint density at radius 3 is 2.92 bits per heavy atom. The average molecular weight is 179 g/mol. The summed E-state index contributed by atoms with van der Waals surface area (Å²) in [5, 5.41) is 0. The molecule has 0 aliphatic carbocycles. The molecule has 0 fully saturated rings. The molecular formula is C9H9NOS. The Kier molecular flexibility index (Phi) is 1.54. The molecule has 0 bridgehead atoms. The van der Waals surface area contributed by atoms with Crippen molar-refractivity contribution in [3.63, 3.8) is 0 Å². The fraction of sp³-hybridized carbons (Fsp3) is 0.222. The molecule has 0 atom stereocenters. The van der Waals surface area contributed by atoms with Crippen LogP contribution in [0.5, 0.6) is 0 Å². The smallest absolute Gasteiger partial charge is 0.256 e. The molecule has 2 aromatic rings. The van der Waals surface area contributed by atoms with Gasteiger partial charge in [-0.25, -0.2) is 0 Å². The minimum absolute atomic E-state index is 0.0642. The topological polar surface area (TPSA) is 21.5 Å². The van der Waals surface area contributed by atoms with Crippen molar-refractivity contribution in [3.05, 3.63) is 39.1 Å². The van der Waals surface area contributed by atoms with Crippen molar-refractivity contribution in [2.45, 2.75) is 13.8 Å². The van der Waals surface area contributed by atoms with Gasteiger partial charge in [-0.05, 0) is 25.5 Å². The maximum atomic E-state index is 11.4. The fourth-order valence-electron chi connectivity index (χ4n) is 1.24. The van der Waals surface area contributed by atoms with E-state index < -0.39 is 0 Å². The molecule has 0 unspecified atom stereocenters. The van der Waals surface area contributed by atoms with Crippen LogP contribution in [0, 0.1) is 13.8 Å². The number of aromatic nitrogens is 1. The summed E-state index contributed by atoms with van der Waals surface area (Å²) in [6, 6.07) is 3.63. The lowest BCUT2D eigenvalue weighted by molar-refractivity contribution is 1.14. The third kappa shape index (κ3) is 0.975. The molecule has 0 amide bonds. The van der Waals surface area contributed by atoms with Crippen molar-refractivity contribution in [2.24, 2.45) is 0 Å². The van der Waals surface area contributed by atoms with Crippen LogP contribution in [0.25, 0.3) is 4.83 Å². The molecule has 62 valence electrons. The van der Waals surface area contributed by atoms with Crippen molar-refractivity contribution in [3.8, 4) is 0 Å². The van der Waals surface area contributed by atoms with Crippen LogP contribution in [-0.2, 0) is 0 Å². The van der Waals surface area contributed by atoms with Gasteiger partial charge in [-0.3, -0.25) is 9.20 Å². The highest BCUT2D eigenvalue weighted by Crippen LogP contribution is 2.16. The highest BCUT2D eigenvalue weighted by atomic mass is 32.1. The molecule has 2 rings (SSSR count). The Bertz CT molecular complexity index is 481. The molecule has 0 saturated carbocycles. The Labute approximate surface area is 74.1 Å². The molecule has 2 heterocycles. The van der Waals surface area contributed by atoms with E-state index in [0.717, 1.165) is 9.71 Å². The summed E-state index contributed by atoms with van der Waals surface area (Å²) in [7, 11) is 0. The lowest BCUT2D eigenvalue weighted by Gasteiger charge is -1.94. The van der Waals surface area contributed by atoms with Crippen molar-refractivity contribution >= 4 is 16.2 Å². The normalized spacial score (nSPS) is 10.8.